The third-order valence-corrected chi connectivity index (χ3v) is 2.82. The van der Waals surface area contributed by atoms with Gasteiger partial charge in [0, 0.05) is 16.0 Å². The van der Waals surface area contributed by atoms with Crippen molar-refractivity contribution in [3.05, 3.63) is 33.5 Å². The van der Waals surface area contributed by atoms with Crippen LogP contribution in [0.2, 0.25) is 5.02 Å². The topological polar surface area (TPSA) is 50.4 Å². The van der Waals surface area contributed by atoms with Gasteiger partial charge in [-0.2, -0.15) is 0 Å². The number of benzene rings is 1. The zero-order chi connectivity index (χ0) is 11.0. The fourth-order valence-electron chi connectivity index (χ4n) is 1.41. The number of hydrogen-bond acceptors (Lipinski definition) is 2. The molecule has 3 nitrogen and oxygen atoms in total. The molecule has 0 aliphatic carbocycles. The van der Waals surface area contributed by atoms with Gasteiger partial charge in [0.2, 0.25) is 0 Å². The van der Waals surface area contributed by atoms with Gasteiger partial charge in [-0.15, -0.1) is 0 Å². The minimum absolute atomic E-state index is 0.0697. The SMILES string of the molecule is O=C(O)Cc1coc2c(Br)cc(Cl)cc12. The van der Waals surface area contributed by atoms with Gasteiger partial charge in [-0.05, 0) is 28.1 Å². The highest BCUT2D eigenvalue weighted by Gasteiger charge is 2.12. The number of furan rings is 1. The number of carboxylic acid groups (broad SMARTS) is 1. The molecule has 0 saturated heterocycles. The second-order valence-electron chi connectivity index (χ2n) is 3.10. The quantitative estimate of drug-likeness (QED) is 0.921. The molecular weight excluding hydrogens is 283 g/mol. The zero-order valence-corrected chi connectivity index (χ0v) is 9.80. The number of hydrogen-bond donors (Lipinski definition) is 1. The number of carboxylic acids is 1. The lowest BCUT2D eigenvalue weighted by molar-refractivity contribution is -0.136. The minimum atomic E-state index is -0.895. The third kappa shape index (κ3) is 2.01. The molecule has 0 amide bonds. The van der Waals surface area contributed by atoms with Crippen molar-refractivity contribution in [2.45, 2.75) is 6.42 Å². The molecule has 0 radical (unpaired) electrons. The van der Waals surface area contributed by atoms with Crippen LogP contribution in [0.1, 0.15) is 5.56 Å². The number of aliphatic carboxylic acids is 1. The summed E-state index contributed by atoms with van der Waals surface area (Å²) in [6.07, 6.45) is 1.37. The second-order valence-corrected chi connectivity index (χ2v) is 4.39. The van der Waals surface area contributed by atoms with E-state index in [1.807, 2.05) is 0 Å². The average molecular weight is 290 g/mol. The Balaban J connectivity index is 2.63. The van der Waals surface area contributed by atoms with Crippen molar-refractivity contribution in [1.29, 1.82) is 0 Å². The molecule has 0 fully saturated rings. The maximum atomic E-state index is 10.6. The van der Waals surface area contributed by atoms with Crippen molar-refractivity contribution >= 4 is 44.5 Å². The molecule has 0 atom stereocenters. The lowest BCUT2D eigenvalue weighted by Gasteiger charge is -1.96. The standard InChI is InChI=1S/C10H6BrClO3/c11-8-3-6(12)2-7-5(1-9(13)14)4-15-10(7)8/h2-4H,1H2,(H,13,14). The molecule has 2 rings (SSSR count). The Kier molecular flexibility index (Phi) is 2.71. The normalized spacial score (nSPS) is 10.8. The summed E-state index contributed by atoms with van der Waals surface area (Å²) in [6.45, 7) is 0. The number of halogens is 2. The first-order chi connectivity index (χ1) is 7.08. The fraction of sp³-hybridized carbons (Fsp3) is 0.100. The summed E-state index contributed by atoms with van der Waals surface area (Å²) in [6, 6.07) is 3.40. The molecule has 0 aliphatic heterocycles. The van der Waals surface area contributed by atoms with Crippen molar-refractivity contribution in [2.24, 2.45) is 0 Å². The fourth-order valence-corrected chi connectivity index (χ4v) is 2.32. The molecule has 78 valence electrons. The molecule has 1 N–H and O–H groups in total. The molecular formula is C10H6BrClO3. The highest BCUT2D eigenvalue weighted by atomic mass is 79.9. The van der Waals surface area contributed by atoms with Crippen LogP contribution < -0.4 is 0 Å². The summed E-state index contributed by atoms with van der Waals surface area (Å²) in [5.41, 5.74) is 1.25. The van der Waals surface area contributed by atoms with Gasteiger partial charge in [0.15, 0.2) is 0 Å². The molecule has 0 bridgehead atoms. The largest absolute Gasteiger partial charge is 0.481 e. The lowest BCUT2D eigenvalue weighted by Crippen LogP contribution is -1.98. The van der Waals surface area contributed by atoms with E-state index < -0.39 is 5.97 Å². The Labute approximate surface area is 98.8 Å². The lowest BCUT2D eigenvalue weighted by atomic mass is 10.1. The van der Waals surface area contributed by atoms with Gasteiger partial charge in [-0.25, -0.2) is 0 Å². The van der Waals surface area contributed by atoms with Crippen molar-refractivity contribution in [3.8, 4) is 0 Å². The summed E-state index contributed by atoms with van der Waals surface area (Å²) in [5.74, 6) is -0.895. The number of carbonyl (C=O) groups is 1. The molecule has 2 aromatic rings. The predicted octanol–water partition coefficient (Wildman–Crippen LogP) is 3.48. The van der Waals surface area contributed by atoms with Gasteiger partial charge >= 0.3 is 5.97 Å². The average Bonchev–Trinajstić information content (AvgIpc) is 2.48. The van der Waals surface area contributed by atoms with Crippen LogP contribution in [0.3, 0.4) is 0 Å². The van der Waals surface area contributed by atoms with E-state index in [9.17, 15) is 4.79 Å². The van der Waals surface area contributed by atoms with E-state index >= 15 is 0 Å². The summed E-state index contributed by atoms with van der Waals surface area (Å²) in [4.78, 5) is 10.6. The highest BCUT2D eigenvalue weighted by Crippen LogP contribution is 2.31. The van der Waals surface area contributed by atoms with Crippen LogP contribution in [0.4, 0.5) is 0 Å². The van der Waals surface area contributed by atoms with Crippen LogP contribution in [0.15, 0.2) is 27.3 Å². The predicted molar refractivity (Wildman–Crippen MR) is 60.3 cm³/mol. The van der Waals surface area contributed by atoms with E-state index in [0.717, 1.165) is 9.86 Å². The highest BCUT2D eigenvalue weighted by molar-refractivity contribution is 9.10. The third-order valence-electron chi connectivity index (χ3n) is 2.02. The minimum Gasteiger partial charge on any atom is -0.481 e. The van der Waals surface area contributed by atoms with Crippen molar-refractivity contribution in [2.75, 3.05) is 0 Å². The number of rotatable bonds is 2. The van der Waals surface area contributed by atoms with Crippen LogP contribution in [-0.2, 0) is 11.2 Å². The van der Waals surface area contributed by atoms with Crippen molar-refractivity contribution in [1.82, 2.24) is 0 Å². The van der Waals surface area contributed by atoms with Crippen molar-refractivity contribution < 1.29 is 14.3 Å². The van der Waals surface area contributed by atoms with E-state index in [1.54, 1.807) is 12.1 Å². The van der Waals surface area contributed by atoms with Crippen LogP contribution in [0.25, 0.3) is 11.0 Å². The Bertz CT molecular complexity index is 533. The molecule has 15 heavy (non-hydrogen) atoms. The summed E-state index contributed by atoms with van der Waals surface area (Å²) < 4.78 is 5.99. The molecule has 0 unspecified atom stereocenters. The summed E-state index contributed by atoms with van der Waals surface area (Å²) in [5, 5.41) is 9.97. The molecule has 0 saturated carbocycles. The Morgan fingerprint density at radius 1 is 1.53 bits per heavy atom. The van der Waals surface area contributed by atoms with E-state index in [1.165, 1.54) is 6.26 Å². The van der Waals surface area contributed by atoms with E-state index in [2.05, 4.69) is 15.9 Å². The first kappa shape index (κ1) is 10.5. The van der Waals surface area contributed by atoms with Crippen LogP contribution in [-0.4, -0.2) is 11.1 Å². The maximum absolute atomic E-state index is 10.6. The first-order valence-electron chi connectivity index (χ1n) is 4.15. The van der Waals surface area contributed by atoms with E-state index in [-0.39, 0.29) is 6.42 Å². The maximum Gasteiger partial charge on any atom is 0.307 e. The van der Waals surface area contributed by atoms with Gasteiger partial charge in [0.05, 0.1) is 17.2 Å². The van der Waals surface area contributed by atoms with E-state index in [4.69, 9.17) is 21.1 Å². The van der Waals surface area contributed by atoms with Crippen molar-refractivity contribution in [3.63, 3.8) is 0 Å². The molecule has 0 spiro atoms. The molecule has 1 aromatic carbocycles. The molecule has 1 aromatic heterocycles. The summed E-state index contributed by atoms with van der Waals surface area (Å²) in [7, 11) is 0. The van der Waals surface area contributed by atoms with Crippen LogP contribution in [0, 0.1) is 0 Å². The zero-order valence-electron chi connectivity index (χ0n) is 7.46. The van der Waals surface area contributed by atoms with Gasteiger partial charge in [0.25, 0.3) is 0 Å². The monoisotopic (exact) mass is 288 g/mol. The Hall–Kier alpha value is -1.00. The Morgan fingerprint density at radius 3 is 2.93 bits per heavy atom. The molecule has 5 heteroatoms. The molecule has 1 heterocycles. The Morgan fingerprint density at radius 2 is 2.27 bits per heavy atom. The van der Waals surface area contributed by atoms with Gasteiger partial charge in [-0.3, -0.25) is 4.79 Å². The van der Waals surface area contributed by atoms with Crippen LogP contribution >= 0.6 is 27.5 Å². The van der Waals surface area contributed by atoms with Gasteiger partial charge < -0.3 is 9.52 Å². The smallest absolute Gasteiger partial charge is 0.307 e. The molecule has 0 aliphatic rings. The van der Waals surface area contributed by atoms with Gasteiger partial charge in [-0.1, -0.05) is 11.6 Å². The number of fused-ring (bicyclic) bond motifs is 1. The van der Waals surface area contributed by atoms with E-state index in [0.29, 0.717) is 16.2 Å². The second kappa shape index (κ2) is 3.87. The first-order valence-corrected chi connectivity index (χ1v) is 5.32. The summed E-state index contributed by atoms with van der Waals surface area (Å²) >= 11 is 9.17. The van der Waals surface area contributed by atoms with Crippen LogP contribution in [0.5, 0.6) is 0 Å². The van der Waals surface area contributed by atoms with Gasteiger partial charge in [0.1, 0.15) is 5.58 Å².